The number of hydrogen-bond acceptors (Lipinski definition) is 4. The topological polar surface area (TPSA) is 87.0 Å². The Bertz CT molecular complexity index is 820. The Hall–Kier alpha value is -1.99. The summed E-state index contributed by atoms with van der Waals surface area (Å²) in [6, 6.07) is 4.88. The first kappa shape index (κ1) is 14.0. The molecular formula is C14H15N3O3S. The first-order valence-corrected chi connectivity index (χ1v) is 7.00. The van der Waals surface area contributed by atoms with Crippen molar-refractivity contribution < 1.29 is 9.53 Å². The fourth-order valence-electron chi connectivity index (χ4n) is 2.26. The van der Waals surface area contributed by atoms with Crippen LogP contribution in [0.3, 0.4) is 0 Å². The van der Waals surface area contributed by atoms with Gasteiger partial charge in [-0.25, -0.2) is 0 Å². The van der Waals surface area contributed by atoms with E-state index in [-0.39, 0.29) is 21.7 Å². The van der Waals surface area contributed by atoms with E-state index in [0.717, 1.165) is 0 Å². The molecule has 0 aliphatic carbocycles. The van der Waals surface area contributed by atoms with E-state index < -0.39 is 0 Å². The van der Waals surface area contributed by atoms with E-state index in [2.05, 4.69) is 22.2 Å². The molecule has 2 heterocycles. The van der Waals surface area contributed by atoms with Crippen LogP contribution in [-0.4, -0.2) is 35.6 Å². The van der Waals surface area contributed by atoms with E-state index in [1.807, 2.05) is 0 Å². The van der Waals surface area contributed by atoms with Gasteiger partial charge in [-0.1, -0.05) is 6.92 Å². The summed E-state index contributed by atoms with van der Waals surface area (Å²) in [5, 5.41) is 3.36. The van der Waals surface area contributed by atoms with Crippen molar-refractivity contribution >= 4 is 29.0 Å². The number of benzene rings is 1. The molecule has 1 aromatic carbocycles. The quantitative estimate of drug-likeness (QED) is 0.747. The molecule has 1 aliphatic heterocycles. The Kier molecular flexibility index (Phi) is 3.38. The van der Waals surface area contributed by atoms with E-state index in [4.69, 9.17) is 17.0 Å². The van der Waals surface area contributed by atoms with Crippen LogP contribution in [0.25, 0.3) is 10.9 Å². The summed E-state index contributed by atoms with van der Waals surface area (Å²) in [5.74, 6) is -0.176. The third-order valence-electron chi connectivity index (χ3n) is 3.58. The maximum absolute atomic E-state index is 12.2. The van der Waals surface area contributed by atoms with Gasteiger partial charge in [0.2, 0.25) is 0 Å². The lowest BCUT2D eigenvalue weighted by atomic mass is 9.88. The number of fused-ring (bicyclic) bond motifs is 1. The molecule has 1 fully saturated rings. The molecule has 2 aromatic rings. The van der Waals surface area contributed by atoms with E-state index in [9.17, 15) is 9.59 Å². The van der Waals surface area contributed by atoms with Gasteiger partial charge in [-0.3, -0.25) is 14.6 Å². The smallest absolute Gasteiger partial charge is 0.259 e. The van der Waals surface area contributed by atoms with Crippen LogP contribution in [0, 0.1) is 10.2 Å². The summed E-state index contributed by atoms with van der Waals surface area (Å²) in [5.41, 5.74) is 0.792. The zero-order valence-electron chi connectivity index (χ0n) is 11.5. The van der Waals surface area contributed by atoms with Gasteiger partial charge in [0.05, 0.1) is 24.1 Å². The third-order valence-corrected chi connectivity index (χ3v) is 3.78. The predicted molar refractivity (Wildman–Crippen MR) is 81.0 cm³/mol. The molecule has 0 saturated carbocycles. The number of nitrogens with one attached hydrogen (secondary N) is 3. The van der Waals surface area contributed by atoms with Gasteiger partial charge in [-0.2, -0.15) is 0 Å². The maximum Gasteiger partial charge on any atom is 0.259 e. The van der Waals surface area contributed by atoms with Crippen LogP contribution < -0.4 is 10.9 Å². The minimum atomic E-state index is -0.264. The zero-order valence-corrected chi connectivity index (χ0v) is 12.3. The van der Waals surface area contributed by atoms with Crippen molar-refractivity contribution in [2.45, 2.75) is 6.92 Å². The fourth-order valence-corrected chi connectivity index (χ4v) is 2.46. The standard InChI is InChI=1S/C14H15N3O3S/c1-14(6-20-7-14)5-15-11(18)8-2-3-9-10(4-8)16-13(21)17-12(9)19/h2-4H,5-7H2,1H3,(H,15,18)(H2,16,17,19,21). The van der Waals surface area contributed by atoms with Crippen molar-refractivity contribution in [3.63, 3.8) is 0 Å². The van der Waals surface area contributed by atoms with Crippen molar-refractivity contribution in [2.24, 2.45) is 5.41 Å². The minimum absolute atomic E-state index is 0.0174. The number of amides is 1. The minimum Gasteiger partial charge on any atom is -0.380 e. The van der Waals surface area contributed by atoms with Crippen LogP contribution in [0.1, 0.15) is 17.3 Å². The summed E-state index contributed by atoms with van der Waals surface area (Å²) in [6.45, 7) is 3.95. The number of ether oxygens (including phenoxy) is 1. The Morgan fingerprint density at radius 2 is 2.19 bits per heavy atom. The largest absolute Gasteiger partial charge is 0.380 e. The molecule has 0 atom stereocenters. The SMILES string of the molecule is CC1(CNC(=O)c2ccc3c(=O)[nH]c(=S)[nH]c3c2)COC1. The van der Waals surface area contributed by atoms with Gasteiger partial charge in [0.25, 0.3) is 11.5 Å². The van der Waals surface area contributed by atoms with E-state index in [0.29, 0.717) is 36.2 Å². The highest BCUT2D eigenvalue weighted by Crippen LogP contribution is 2.25. The molecule has 0 unspecified atom stereocenters. The lowest BCUT2D eigenvalue weighted by Gasteiger charge is -2.38. The van der Waals surface area contributed by atoms with Gasteiger partial charge in [0, 0.05) is 17.5 Å². The third kappa shape index (κ3) is 2.74. The van der Waals surface area contributed by atoms with E-state index in [1.54, 1.807) is 18.2 Å². The molecule has 3 rings (SSSR count). The Morgan fingerprint density at radius 3 is 2.86 bits per heavy atom. The molecule has 0 spiro atoms. The molecule has 110 valence electrons. The highest BCUT2D eigenvalue weighted by atomic mass is 32.1. The Balaban J connectivity index is 1.85. The molecule has 6 nitrogen and oxygen atoms in total. The molecule has 3 N–H and O–H groups in total. The molecule has 0 bridgehead atoms. The van der Waals surface area contributed by atoms with Crippen LogP contribution >= 0.6 is 12.2 Å². The summed E-state index contributed by atoms with van der Waals surface area (Å²) < 4.78 is 5.39. The zero-order chi connectivity index (χ0) is 15.0. The number of H-pyrrole nitrogens is 2. The molecule has 21 heavy (non-hydrogen) atoms. The monoisotopic (exact) mass is 305 g/mol. The van der Waals surface area contributed by atoms with Crippen molar-refractivity contribution in [3.05, 3.63) is 38.9 Å². The second-order valence-corrected chi connectivity index (χ2v) is 6.06. The van der Waals surface area contributed by atoms with Gasteiger partial charge < -0.3 is 15.0 Å². The number of aromatic nitrogens is 2. The fraction of sp³-hybridized carbons (Fsp3) is 0.357. The summed E-state index contributed by atoms with van der Waals surface area (Å²) >= 11 is 4.93. The van der Waals surface area contributed by atoms with Gasteiger partial charge in [0.1, 0.15) is 0 Å². The normalized spacial score (nSPS) is 16.4. The second kappa shape index (κ2) is 5.09. The van der Waals surface area contributed by atoms with E-state index >= 15 is 0 Å². The highest BCUT2D eigenvalue weighted by molar-refractivity contribution is 7.71. The van der Waals surface area contributed by atoms with Crippen molar-refractivity contribution in [3.8, 4) is 0 Å². The van der Waals surface area contributed by atoms with Crippen molar-refractivity contribution in [1.82, 2.24) is 15.3 Å². The van der Waals surface area contributed by atoms with Gasteiger partial charge in [0.15, 0.2) is 4.77 Å². The number of aromatic amines is 2. The molecule has 1 aromatic heterocycles. The van der Waals surface area contributed by atoms with Crippen LogP contribution in [0.5, 0.6) is 0 Å². The summed E-state index contributed by atoms with van der Waals surface area (Å²) in [6.07, 6.45) is 0. The second-order valence-electron chi connectivity index (χ2n) is 5.65. The number of carbonyl (C=O) groups excluding carboxylic acids is 1. The number of hydrogen-bond donors (Lipinski definition) is 3. The average Bonchev–Trinajstić information content (AvgIpc) is 2.41. The molecular weight excluding hydrogens is 290 g/mol. The van der Waals surface area contributed by atoms with Crippen LogP contribution in [0.15, 0.2) is 23.0 Å². The highest BCUT2D eigenvalue weighted by Gasteiger charge is 2.33. The summed E-state index contributed by atoms with van der Waals surface area (Å²) in [4.78, 5) is 29.3. The molecule has 1 amide bonds. The Labute approximate surface area is 125 Å². The van der Waals surface area contributed by atoms with Crippen molar-refractivity contribution in [2.75, 3.05) is 19.8 Å². The van der Waals surface area contributed by atoms with Crippen LogP contribution in [0.4, 0.5) is 0 Å². The van der Waals surface area contributed by atoms with Gasteiger partial charge in [-0.05, 0) is 30.4 Å². The van der Waals surface area contributed by atoms with Gasteiger partial charge >= 0.3 is 0 Å². The lowest BCUT2D eigenvalue weighted by molar-refractivity contribution is -0.0978. The molecule has 7 heteroatoms. The number of rotatable bonds is 3. The first-order valence-electron chi connectivity index (χ1n) is 6.59. The molecule has 1 saturated heterocycles. The van der Waals surface area contributed by atoms with Crippen LogP contribution in [-0.2, 0) is 4.74 Å². The predicted octanol–water partition coefficient (Wildman–Crippen LogP) is 1.35. The maximum atomic E-state index is 12.2. The first-order chi connectivity index (χ1) is 9.97. The molecule has 0 radical (unpaired) electrons. The Morgan fingerprint density at radius 1 is 1.43 bits per heavy atom. The van der Waals surface area contributed by atoms with Crippen LogP contribution in [0.2, 0.25) is 0 Å². The van der Waals surface area contributed by atoms with Gasteiger partial charge in [-0.15, -0.1) is 0 Å². The average molecular weight is 305 g/mol. The van der Waals surface area contributed by atoms with Crippen molar-refractivity contribution in [1.29, 1.82) is 0 Å². The summed E-state index contributed by atoms with van der Waals surface area (Å²) in [7, 11) is 0. The lowest BCUT2D eigenvalue weighted by Crippen LogP contribution is -2.48. The number of carbonyl (C=O) groups is 1. The van der Waals surface area contributed by atoms with E-state index in [1.165, 1.54) is 0 Å². The molecule has 1 aliphatic rings.